The Labute approximate surface area is 184 Å². The van der Waals surface area contributed by atoms with Gasteiger partial charge in [0.05, 0.1) is 11.5 Å². The number of halogens is 1. The number of carbonyl (C=O) groups excluding carboxylic acids is 1. The molecule has 0 N–H and O–H groups in total. The molecule has 0 aliphatic heterocycles. The standard InChI is InChI=1S/C27H30FNO2/c1-2-3-4-5-18-6-12-24-19(14-18)7-8-20-15-21(10-13-25(20)24)27(30)31-23-11-9-22(17-29)26(28)16-23/h7-9,11,16,18,21H,2-6,10,12-15H2,1H3/t18-,21-/m0/s1. The molecule has 0 unspecified atom stereocenters. The van der Waals surface area contributed by atoms with Crippen molar-refractivity contribution in [2.45, 2.75) is 71.1 Å². The van der Waals surface area contributed by atoms with Crippen molar-refractivity contribution in [3.05, 3.63) is 64.0 Å². The molecule has 0 bridgehead atoms. The predicted octanol–water partition coefficient (Wildman–Crippen LogP) is 6.09. The Morgan fingerprint density at radius 2 is 1.84 bits per heavy atom. The zero-order valence-electron chi connectivity index (χ0n) is 18.3. The van der Waals surface area contributed by atoms with E-state index in [2.05, 4.69) is 19.1 Å². The van der Waals surface area contributed by atoms with E-state index >= 15 is 0 Å². The quantitative estimate of drug-likeness (QED) is 0.323. The molecular weight excluding hydrogens is 389 g/mol. The molecule has 4 rings (SSSR count). The molecule has 0 fully saturated rings. The molecule has 0 spiro atoms. The second-order valence-corrected chi connectivity index (χ2v) is 9.06. The molecule has 2 aromatic carbocycles. The fourth-order valence-electron chi connectivity index (χ4n) is 5.22. The third kappa shape index (κ3) is 4.82. The number of esters is 1. The summed E-state index contributed by atoms with van der Waals surface area (Å²) in [5.41, 5.74) is 5.72. The van der Waals surface area contributed by atoms with E-state index in [0.717, 1.165) is 31.2 Å². The van der Waals surface area contributed by atoms with Gasteiger partial charge < -0.3 is 4.74 Å². The van der Waals surface area contributed by atoms with Gasteiger partial charge in [-0.3, -0.25) is 4.79 Å². The van der Waals surface area contributed by atoms with Crippen molar-refractivity contribution < 1.29 is 13.9 Å². The molecule has 4 heteroatoms. The highest BCUT2D eigenvalue weighted by molar-refractivity contribution is 5.76. The summed E-state index contributed by atoms with van der Waals surface area (Å²) in [5.74, 6) is -0.220. The zero-order valence-corrected chi connectivity index (χ0v) is 18.3. The van der Waals surface area contributed by atoms with Crippen molar-refractivity contribution in [1.82, 2.24) is 0 Å². The van der Waals surface area contributed by atoms with E-state index in [1.165, 1.54) is 72.9 Å². The molecule has 162 valence electrons. The van der Waals surface area contributed by atoms with Crippen molar-refractivity contribution >= 4 is 5.97 Å². The third-order valence-corrected chi connectivity index (χ3v) is 6.97. The topological polar surface area (TPSA) is 50.1 Å². The van der Waals surface area contributed by atoms with Crippen LogP contribution in [0.15, 0.2) is 30.3 Å². The molecule has 2 atom stereocenters. The second kappa shape index (κ2) is 9.64. The van der Waals surface area contributed by atoms with Crippen LogP contribution < -0.4 is 4.74 Å². The SMILES string of the molecule is CCCCC[C@H]1CCc2c(ccc3c2CC[C@H](C(=O)Oc2ccc(C#N)c(F)c2)C3)C1. The first-order chi connectivity index (χ1) is 15.1. The van der Waals surface area contributed by atoms with E-state index in [4.69, 9.17) is 10.00 Å². The maximum atomic E-state index is 13.8. The van der Waals surface area contributed by atoms with Crippen LogP contribution in [0, 0.1) is 29.0 Å². The lowest BCUT2D eigenvalue weighted by Gasteiger charge is -2.31. The number of carbonyl (C=O) groups is 1. The number of nitrogens with zero attached hydrogens (tertiary/aromatic N) is 1. The first kappa shape index (κ1) is 21.6. The Balaban J connectivity index is 1.41. The van der Waals surface area contributed by atoms with Crippen LogP contribution in [0.25, 0.3) is 0 Å². The molecule has 0 heterocycles. The summed E-state index contributed by atoms with van der Waals surface area (Å²) < 4.78 is 19.2. The lowest BCUT2D eigenvalue weighted by atomic mass is 9.74. The molecule has 0 saturated carbocycles. The van der Waals surface area contributed by atoms with Gasteiger partial charge in [-0.1, -0.05) is 44.7 Å². The van der Waals surface area contributed by atoms with Crippen molar-refractivity contribution in [2.75, 3.05) is 0 Å². The van der Waals surface area contributed by atoms with Crippen molar-refractivity contribution in [3.8, 4) is 11.8 Å². The molecule has 3 nitrogen and oxygen atoms in total. The average molecular weight is 420 g/mol. The van der Waals surface area contributed by atoms with Gasteiger partial charge in [0.1, 0.15) is 17.6 Å². The third-order valence-electron chi connectivity index (χ3n) is 6.97. The lowest BCUT2D eigenvalue weighted by molar-refractivity contribution is -0.139. The smallest absolute Gasteiger partial charge is 0.314 e. The molecule has 0 radical (unpaired) electrons. The molecule has 2 aromatic rings. The van der Waals surface area contributed by atoms with Gasteiger partial charge >= 0.3 is 5.97 Å². The van der Waals surface area contributed by atoms with Crippen LogP contribution in [-0.2, 0) is 30.5 Å². The summed E-state index contributed by atoms with van der Waals surface area (Å²) in [6.07, 6.45) is 11.3. The van der Waals surface area contributed by atoms with E-state index < -0.39 is 5.82 Å². The van der Waals surface area contributed by atoms with Gasteiger partial charge in [-0.25, -0.2) is 4.39 Å². The molecule has 2 aliphatic carbocycles. The van der Waals surface area contributed by atoms with Crippen molar-refractivity contribution in [3.63, 3.8) is 0 Å². The molecule has 0 saturated heterocycles. The first-order valence-electron chi connectivity index (χ1n) is 11.6. The number of ether oxygens (including phenoxy) is 1. The van der Waals surface area contributed by atoms with Gasteiger partial charge in [-0.15, -0.1) is 0 Å². The monoisotopic (exact) mass is 419 g/mol. The fraction of sp³-hybridized carbons (Fsp3) is 0.481. The Morgan fingerprint density at radius 1 is 1.10 bits per heavy atom. The van der Waals surface area contributed by atoms with Crippen molar-refractivity contribution in [2.24, 2.45) is 11.8 Å². The minimum Gasteiger partial charge on any atom is -0.426 e. The van der Waals surface area contributed by atoms with E-state index in [1.807, 2.05) is 0 Å². The minimum absolute atomic E-state index is 0.0521. The van der Waals surface area contributed by atoms with E-state index in [1.54, 1.807) is 6.07 Å². The minimum atomic E-state index is -0.665. The van der Waals surface area contributed by atoms with E-state index in [9.17, 15) is 9.18 Å². The summed E-state index contributed by atoms with van der Waals surface area (Å²) in [5, 5.41) is 8.84. The summed E-state index contributed by atoms with van der Waals surface area (Å²) in [6.45, 7) is 2.26. The number of hydrogen-bond donors (Lipinski definition) is 0. The van der Waals surface area contributed by atoms with Gasteiger partial charge in [0.15, 0.2) is 0 Å². The number of fused-ring (bicyclic) bond motifs is 3. The predicted molar refractivity (Wildman–Crippen MR) is 118 cm³/mol. The highest BCUT2D eigenvalue weighted by Gasteiger charge is 2.30. The molecular formula is C27H30FNO2. The second-order valence-electron chi connectivity index (χ2n) is 9.06. The van der Waals surface area contributed by atoms with Gasteiger partial charge in [-0.2, -0.15) is 5.26 Å². The highest BCUT2D eigenvalue weighted by Crippen LogP contribution is 2.37. The van der Waals surface area contributed by atoms with E-state index in [0.29, 0.717) is 6.42 Å². The van der Waals surface area contributed by atoms with Crippen LogP contribution in [0.5, 0.6) is 5.75 Å². The molecule has 0 amide bonds. The fourth-order valence-corrected chi connectivity index (χ4v) is 5.22. The normalized spacial score (nSPS) is 19.8. The average Bonchev–Trinajstić information content (AvgIpc) is 2.78. The maximum Gasteiger partial charge on any atom is 0.314 e. The Bertz CT molecular complexity index is 1010. The summed E-state index contributed by atoms with van der Waals surface area (Å²) >= 11 is 0. The number of unbranched alkanes of at least 4 members (excludes halogenated alkanes) is 2. The Hall–Kier alpha value is -2.67. The van der Waals surface area contributed by atoms with Crippen LogP contribution >= 0.6 is 0 Å². The zero-order chi connectivity index (χ0) is 21.8. The Kier molecular flexibility index (Phi) is 6.70. The van der Waals surface area contributed by atoms with Gasteiger partial charge in [0.2, 0.25) is 0 Å². The lowest BCUT2D eigenvalue weighted by Crippen LogP contribution is -2.28. The Morgan fingerprint density at radius 3 is 2.55 bits per heavy atom. The van der Waals surface area contributed by atoms with Gasteiger partial charge in [-0.05, 0) is 78.8 Å². The summed E-state index contributed by atoms with van der Waals surface area (Å²) in [4.78, 5) is 12.7. The first-order valence-corrected chi connectivity index (χ1v) is 11.6. The van der Waals surface area contributed by atoms with Crippen LogP contribution in [-0.4, -0.2) is 5.97 Å². The number of nitriles is 1. The van der Waals surface area contributed by atoms with Crippen LogP contribution in [0.1, 0.15) is 73.3 Å². The van der Waals surface area contributed by atoms with Crippen LogP contribution in [0.2, 0.25) is 0 Å². The van der Waals surface area contributed by atoms with Crippen LogP contribution in [0.4, 0.5) is 4.39 Å². The molecule has 0 aromatic heterocycles. The summed E-state index contributed by atoms with van der Waals surface area (Å²) in [7, 11) is 0. The highest BCUT2D eigenvalue weighted by atomic mass is 19.1. The number of hydrogen-bond acceptors (Lipinski definition) is 3. The molecule has 31 heavy (non-hydrogen) atoms. The van der Waals surface area contributed by atoms with E-state index in [-0.39, 0.29) is 23.2 Å². The molecule has 2 aliphatic rings. The van der Waals surface area contributed by atoms with Gasteiger partial charge in [0.25, 0.3) is 0 Å². The largest absolute Gasteiger partial charge is 0.426 e. The van der Waals surface area contributed by atoms with Crippen LogP contribution in [0.3, 0.4) is 0 Å². The number of rotatable bonds is 6. The number of benzene rings is 2. The maximum absolute atomic E-state index is 13.8. The van der Waals surface area contributed by atoms with Crippen molar-refractivity contribution in [1.29, 1.82) is 5.26 Å². The summed E-state index contributed by atoms with van der Waals surface area (Å²) in [6, 6.07) is 10.2. The van der Waals surface area contributed by atoms with Gasteiger partial charge in [0, 0.05) is 6.07 Å².